The van der Waals surface area contributed by atoms with Crippen molar-refractivity contribution < 1.29 is 13.3 Å². The number of pyridine rings is 2. The number of imidazole rings is 2. The second-order valence-corrected chi connectivity index (χ2v) is 41.8. The molecule has 30 aromatic rings. The molecule has 20 aromatic carbocycles. The van der Waals surface area contributed by atoms with E-state index in [0.29, 0.717) is 0 Å². The lowest BCUT2D eigenvalue weighted by Gasteiger charge is -2.23. The number of para-hydroxylation sites is 11. The molecule has 0 aliphatic heterocycles. The van der Waals surface area contributed by atoms with E-state index in [9.17, 15) is 0 Å². The predicted molar refractivity (Wildman–Crippen MR) is 613 cm³/mol. The predicted octanol–water partition coefficient (Wildman–Crippen LogP) is 35.7. The highest BCUT2D eigenvalue weighted by atomic mass is 16.3. The van der Waals surface area contributed by atoms with Gasteiger partial charge >= 0.3 is 0 Å². The summed E-state index contributed by atoms with van der Waals surface area (Å²) in [4.78, 5) is 20.1. The largest absolute Gasteiger partial charge is 0.455 e. The van der Waals surface area contributed by atoms with Gasteiger partial charge in [-0.3, -0.25) is 14.1 Å². The van der Waals surface area contributed by atoms with Gasteiger partial charge in [-0.05, 0) is 249 Å². The van der Waals surface area contributed by atoms with Crippen molar-refractivity contribution in [2.45, 2.75) is 57.8 Å². The Labute approximate surface area is 855 Å². The number of aromatic nitrogens is 9. The van der Waals surface area contributed by atoms with E-state index in [-0.39, 0.29) is 16.2 Å². The third-order valence-electron chi connectivity index (χ3n) is 32.7. The van der Waals surface area contributed by atoms with Gasteiger partial charge in [0.05, 0.1) is 88.1 Å². The van der Waals surface area contributed by atoms with Crippen LogP contribution in [-0.4, -0.2) is 42.8 Å². The van der Waals surface area contributed by atoms with Crippen LogP contribution in [-0.2, 0) is 16.2 Å². The fraction of sp³-hybridized carbons (Fsp3) is 0.0657. The standard InChI is InChI=1S/2C46H31N3O.C45H29N3O/c1-46(2)36-26-28(45-47-38-16-8-10-18-40(38)49(45)29-12-4-3-5-13-29)20-22-31(36)32-23-21-30(27-37(32)46)48-39-17-9-6-15-35(39)43-41(48)25-24-34-33-14-7-11-19-42(33)50-44(34)43;1-46(2)36-26-29(48-39-17-9-6-15-35(39)43-41(48)25-24-34-33-14-7-11-19-42(33)50-44(34)43)20-22-31(36)32-23-21-30(27-37(32)46)49-40-18-10-8-16-38(40)47-45(49)28-12-4-3-5-13-28;1-45(2)35-24-28(37-21-16-27-14-13-26-8-7-23-46-42(26)43(27)47-37)15-18-30(35)31-19-17-29(25-36(31)45)48-38-11-5-3-10-34(38)41-39(48)22-20-33-32-9-4-6-12-40(32)49-44(33)41/h2*3-27H,1-2H3;3-25H,1-2H3. The van der Waals surface area contributed by atoms with Gasteiger partial charge in [0.25, 0.3) is 0 Å². The first-order valence-electron chi connectivity index (χ1n) is 51.3. The van der Waals surface area contributed by atoms with Crippen LogP contribution in [0, 0.1) is 0 Å². The number of benzene rings is 20. The van der Waals surface area contributed by atoms with Crippen LogP contribution in [0.4, 0.5) is 0 Å². The molecule has 149 heavy (non-hydrogen) atoms. The Bertz CT molecular complexity index is 11000. The topological polar surface area (TPSA) is 116 Å². The summed E-state index contributed by atoms with van der Waals surface area (Å²) in [7, 11) is 0. The van der Waals surface area contributed by atoms with Gasteiger partial charge in [-0.25, -0.2) is 15.0 Å². The lowest BCUT2D eigenvalue weighted by Crippen LogP contribution is -2.16. The van der Waals surface area contributed by atoms with Crippen LogP contribution in [0.25, 0.3) is 271 Å². The summed E-state index contributed by atoms with van der Waals surface area (Å²) in [6.45, 7) is 14.1. The molecule has 0 fully saturated rings. The lowest BCUT2D eigenvalue weighted by molar-refractivity contribution is 0.659. The van der Waals surface area contributed by atoms with E-state index in [1.165, 1.54) is 99.5 Å². The summed E-state index contributed by atoms with van der Waals surface area (Å²) in [5.41, 5.74) is 43.6. The molecule has 3 aliphatic rings. The van der Waals surface area contributed by atoms with Crippen molar-refractivity contribution >= 4 is 175 Å². The zero-order valence-electron chi connectivity index (χ0n) is 82.4. The van der Waals surface area contributed by atoms with Crippen molar-refractivity contribution in [3.8, 4) is 95.9 Å². The minimum atomic E-state index is -0.218. The van der Waals surface area contributed by atoms with E-state index in [4.69, 9.17) is 28.2 Å². The first-order chi connectivity index (χ1) is 73.2. The summed E-state index contributed by atoms with van der Waals surface area (Å²) in [6, 6.07) is 157. The Kier molecular flexibility index (Phi) is 17.9. The molecule has 3 aliphatic carbocycles. The van der Waals surface area contributed by atoms with Crippen LogP contribution in [0.3, 0.4) is 0 Å². The summed E-state index contributed by atoms with van der Waals surface area (Å²) in [5, 5.41) is 16.2. The second-order valence-electron chi connectivity index (χ2n) is 41.8. The maximum absolute atomic E-state index is 6.56. The van der Waals surface area contributed by atoms with E-state index in [1.807, 2.05) is 30.5 Å². The highest BCUT2D eigenvalue weighted by molar-refractivity contribution is 6.27. The minimum absolute atomic E-state index is 0.202. The molecule has 0 saturated heterocycles. The van der Waals surface area contributed by atoms with Crippen molar-refractivity contribution in [2.24, 2.45) is 0 Å². The molecule has 702 valence electrons. The molecular formula is C137H91N9O3. The number of furan rings is 3. The smallest absolute Gasteiger partial charge is 0.145 e. The third-order valence-corrected chi connectivity index (χ3v) is 32.7. The van der Waals surface area contributed by atoms with Gasteiger partial charge in [0.2, 0.25) is 0 Å². The molecule has 0 spiro atoms. The van der Waals surface area contributed by atoms with Crippen LogP contribution >= 0.6 is 0 Å². The first-order valence-corrected chi connectivity index (χ1v) is 51.3. The van der Waals surface area contributed by atoms with Gasteiger partial charge in [0.1, 0.15) is 45.1 Å². The van der Waals surface area contributed by atoms with Crippen molar-refractivity contribution in [1.29, 1.82) is 0 Å². The Balaban J connectivity index is 0.000000101. The quantitative estimate of drug-likeness (QED) is 0.139. The Morgan fingerprint density at radius 1 is 0.208 bits per heavy atom. The molecule has 33 rings (SSSR count). The second kappa shape index (κ2) is 31.5. The number of rotatable bonds is 8. The Morgan fingerprint density at radius 2 is 0.537 bits per heavy atom. The molecule has 10 aromatic heterocycles. The fourth-order valence-electron chi connectivity index (χ4n) is 25.6. The monoisotopic (exact) mass is 1910 g/mol. The molecule has 0 unspecified atom stereocenters. The molecule has 0 amide bonds. The molecule has 0 saturated carbocycles. The Morgan fingerprint density at radius 3 is 0.973 bits per heavy atom. The van der Waals surface area contributed by atoms with Gasteiger partial charge in [-0.1, -0.05) is 296 Å². The van der Waals surface area contributed by atoms with Gasteiger partial charge < -0.3 is 27.0 Å². The minimum Gasteiger partial charge on any atom is -0.455 e. The van der Waals surface area contributed by atoms with E-state index < -0.39 is 0 Å². The normalized spacial score (nSPS) is 13.6. The van der Waals surface area contributed by atoms with Crippen molar-refractivity contribution in [2.75, 3.05) is 0 Å². The van der Waals surface area contributed by atoms with E-state index >= 15 is 0 Å². The van der Waals surface area contributed by atoms with Gasteiger partial charge in [0, 0.05) is 127 Å². The highest BCUT2D eigenvalue weighted by Gasteiger charge is 2.41. The molecule has 0 N–H and O–H groups in total. The zero-order chi connectivity index (χ0) is 98.7. The summed E-state index contributed by atoms with van der Waals surface area (Å²) >= 11 is 0. The van der Waals surface area contributed by atoms with Gasteiger partial charge in [-0.15, -0.1) is 0 Å². The molecule has 0 radical (unpaired) electrons. The van der Waals surface area contributed by atoms with Crippen LogP contribution in [0.5, 0.6) is 0 Å². The first kappa shape index (κ1) is 84.5. The Hall–Kier alpha value is -19.0. The summed E-state index contributed by atoms with van der Waals surface area (Å²) in [6.07, 6.45) is 1.85. The summed E-state index contributed by atoms with van der Waals surface area (Å²) in [5.74, 6) is 1.90. The van der Waals surface area contributed by atoms with Crippen molar-refractivity contribution in [3.63, 3.8) is 0 Å². The molecule has 12 nitrogen and oxygen atoms in total. The molecule has 12 heteroatoms. The van der Waals surface area contributed by atoms with Crippen LogP contribution in [0.2, 0.25) is 0 Å². The maximum Gasteiger partial charge on any atom is 0.145 e. The van der Waals surface area contributed by atoms with Gasteiger partial charge in [0.15, 0.2) is 0 Å². The lowest BCUT2D eigenvalue weighted by atomic mass is 9.81. The zero-order valence-corrected chi connectivity index (χ0v) is 82.4. The SMILES string of the molecule is CC1(C)c2cc(-c3ccc4ccc5cccnc5c4n3)ccc2-c2ccc(-n3c4ccccc4c4c5oc6ccccc6c5ccc43)cc21.CC1(C)c2cc(-c3nc4ccccc4n3-c3ccccc3)ccc2-c2ccc(-n3c4ccccc4c4c5oc6ccccc6c5ccc43)cc21.CC1(C)c2cc(-n3c(-c4ccccc4)nc4ccccc43)ccc2-c2ccc(-n3c4ccccc4c4c5oc6ccccc6c5ccc43)cc21. The van der Waals surface area contributed by atoms with Crippen molar-refractivity contribution in [1.82, 2.24) is 42.8 Å². The van der Waals surface area contributed by atoms with E-state index in [1.54, 1.807) is 0 Å². The highest BCUT2D eigenvalue weighted by Crippen LogP contribution is 2.57. The maximum atomic E-state index is 6.56. The molecule has 0 atom stereocenters. The molecule has 0 bridgehead atoms. The van der Waals surface area contributed by atoms with E-state index in [0.717, 1.165) is 205 Å². The van der Waals surface area contributed by atoms with Gasteiger partial charge in [-0.2, -0.15) is 0 Å². The van der Waals surface area contributed by atoms with Crippen LogP contribution in [0.1, 0.15) is 74.9 Å². The summed E-state index contributed by atoms with van der Waals surface area (Å²) < 4.78 is 31.5. The fourth-order valence-corrected chi connectivity index (χ4v) is 25.6. The van der Waals surface area contributed by atoms with Crippen LogP contribution in [0.15, 0.2) is 456 Å². The van der Waals surface area contributed by atoms with Crippen molar-refractivity contribution in [3.05, 3.63) is 476 Å². The number of fused-ring (bicyclic) bond motifs is 35. The number of hydrogen-bond acceptors (Lipinski definition) is 7. The third kappa shape index (κ3) is 12.3. The van der Waals surface area contributed by atoms with E-state index in [2.05, 4.69) is 482 Å². The average molecular weight is 1910 g/mol. The van der Waals surface area contributed by atoms with Crippen LogP contribution < -0.4 is 0 Å². The average Bonchev–Trinajstić information content (AvgIpc) is 1.56. The number of nitrogens with zero attached hydrogens (tertiary/aromatic N) is 9. The molecule has 10 heterocycles. The molecular weight excluding hydrogens is 1820 g/mol. The number of hydrogen-bond donors (Lipinski definition) is 0.